The van der Waals surface area contributed by atoms with Gasteiger partial charge in [-0.15, -0.1) is 0 Å². The fourth-order valence-electron chi connectivity index (χ4n) is 3.82. The van der Waals surface area contributed by atoms with E-state index in [4.69, 9.17) is 4.74 Å². The standard InChI is InChI=1S/C19H27NO/c1-4-20(5-2)12-11-19(3)18-14-15-8-6-7-9-16(15)17(18)10-13-21-19/h6-9H,4-5,10-14H2,1-3H3. The predicted octanol–water partition coefficient (Wildman–Crippen LogP) is 3.91. The minimum absolute atomic E-state index is 0.0742. The van der Waals surface area contributed by atoms with Gasteiger partial charge in [-0.25, -0.2) is 0 Å². The zero-order valence-corrected chi connectivity index (χ0v) is 13.6. The van der Waals surface area contributed by atoms with Crippen LogP contribution in [0.5, 0.6) is 0 Å². The third kappa shape index (κ3) is 2.67. The van der Waals surface area contributed by atoms with Crippen LogP contribution in [0.2, 0.25) is 0 Å². The van der Waals surface area contributed by atoms with Crippen molar-refractivity contribution in [2.45, 2.75) is 45.6 Å². The van der Waals surface area contributed by atoms with E-state index in [1.807, 2.05) is 0 Å². The van der Waals surface area contributed by atoms with Gasteiger partial charge in [-0.2, -0.15) is 0 Å². The molecule has 1 aliphatic heterocycles. The van der Waals surface area contributed by atoms with Gasteiger partial charge in [0.25, 0.3) is 0 Å². The molecule has 0 amide bonds. The van der Waals surface area contributed by atoms with Gasteiger partial charge in [-0.05, 0) is 61.5 Å². The van der Waals surface area contributed by atoms with E-state index >= 15 is 0 Å². The Balaban J connectivity index is 1.83. The van der Waals surface area contributed by atoms with E-state index < -0.39 is 0 Å². The van der Waals surface area contributed by atoms with Crippen LogP contribution in [-0.2, 0) is 11.2 Å². The van der Waals surface area contributed by atoms with Crippen LogP contribution in [0, 0.1) is 0 Å². The third-order valence-electron chi connectivity index (χ3n) is 5.28. The van der Waals surface area contributed by atoms with Gasteiger partial charge in [0.2, 0.25) is 0 Å². The van der Waals surface area contributed by atoms with Gasteiger partial charge in [0.15, 0.2) is 0 Å². The average Bonchev–Trinajstić information content (AvgIpc) is 2.89. The maximum absolute atomic E-state index is 6.27. The van der Waals surface area contributed by atoms with Gasteiger partial charge < -0.3 is 9.64 Å². The summed E-state index contributed by atoms with van der Waals surface area (Å²) in [6, 6.07) is 8.88. The van der Waals surface area contributed by atoms with Gasteiger partial charge in [0, 0.05) is 6.54 Å². The molecule has 1 unspecified atom stereocenters. The molecule has 0 aromatic heterocycles. The molecule has 0 saturated carbocycles. The number of benzene rings is 1. The molecule has 0 fully saturated rings. The van der Waals surface area contributed by atoms with Crippen LogP contribution in [0.3, 0.4) is 0 Å². The highest BCUT2D eigenvalue weighted by molar-refractivity contribution is 5.78. The fourth-order valence-corrected chi connectivity index (χ4v) is 3.82. The lowest BCUT2D eigenvalue weighted by molar-refractivity contribution is -0.0199. The quantitative estimate of drug-likeness (QED) is 0.813. The smallest absolute Gasteiger partial charge is 0.0884 e. The van der Waals surface area contributed by atoms with Crippen molar-refractivity contribution in [3.05, 3.63) is 41.0 Å². The van der Waals surface area contributed by atoms with E-state index in [1.54, 1.807) is 11.1 Å². The summed E-state index contributed by atoms with van der Waals surface area (Å²) in [5.41, 5.74) is 6.00. The van der Waals surface area contributed by atoms with Gasteiger partial charge in [-0.3, -0.25) is 0 Å². The van der Waals surface area contributed by atoms with Gasteiger partial charge in [0.05, 0.1) is 12.2 Å². The number of ether oxygens (including phenoxy) is 1. The van der Waals surface area contributed by atoms with Crippen LogP contribution in [-0.4, -0.2) is 36.7 Å². The second kappa shape index (κ2) is 5.94. The van der Waals surface area contributed by atoms with Gasteiger partial charge in [0.1, 0.15) is 0 Å². The van der Waals surface area contributed by atoms with Crippen molar-refractivity contribution in [1.82, 2.24) is 4.90 Å². The number of hydrogen-bond acceptors (Lipinski definition) is 2. The van der Waals surface area contributed by atoms with Gasteiger partial charge in [-0.1, -0.05) is 38.1 Å². The van der Waals surface area contributed by atoms with E-state index in [9.17, 15) is 0 Å². The third-order valence-corrected chi connectivity index (χ3v) is 5.28. The minimum atomic E-state index is -0.0742. The first-order valence-corrected chi connectivity index (χ1v) is 8.35. The summed E-state index contributed by atoms with van der Waals surface area (Å²) in [4.78, 5) is 2.49. The Morgan fingerprint density at radius 1 is 1.19 bits per heavy atom. The van der Waals surface area contributed by atoms with E-state index in [2.05, 4.69) is 49.9 Å². The molecule has 1 heterocycles. The lowest BCUT2D eigenvalue weighted by atomic mass is 9.85. The largest absolute Gasteiger partial charge is 0.371 e. The molecule has 1 aromatic rings. The Bertz CT molecular complexity index is 544. The first-order chi connectivity index (χ1) is 10.2. The van der Waals surface area contributed by atoms with Crippen molar-refractivity contribution in [2.75, 3.05) is 26.2 Å². The van der Waals surface area contributed by atoms with Crippen LogP contribution in [0.15, 0.2) is 29.8 Å². The van der Waals surface area contributed by atoms with Crippen molar-refractivity contribution in [3.63, 3.8) is 0 Å². The summed E-state index contributed by atoms with van der Waals surface area (Å²) in [5.74, 6) is 0. The molecule has 0 spiro atoms. The summed E-state index contributed by atoms with van der Waals surface area (Å²) in [6.45, 7) is 11.0. The fraction of sp³-hybridized carbons (Fsp3) is 0.579. The van der Waals surface area contributed by atoms with Crippen molar-refractivity contribution in [2.24, 2.45) is 0 Å². The number of rotatable bonds is 5. The molecule has 1 aliphatic carbocycles. The molecule has 2 aliphatic rings. The van der Waals surface area contributed by atoms with Crippen molar-refractivity contribution in [3.8, 4) is 0 Å². The first kappa shape index (κ1) is 14.8. The Morgan fingerprint density at radius 2 is 1.95 bits per heavy atom. The minimum Gasteiger partial charge on any atom is -0.371 e. The average molecular weight is 285 g/mol. The molecule has 0 bridgehead atoms. The normalized spacial score (nSPS) is 24.4. The highest BCUT2D eigenvalue weighted by Crippen LogP contribution is 2.45. The van der Waals surface area contributed by atoms with E-state index in [0.29, 0.717) is 0 Å². The Hall–Kier alpha value is -1.12. The zero-order chi connectivity index (χ0) is 14.9. The number of fused-ring (bicyclic) bond motifs is 2. The maximum Gasteiger partial charge on any atom is 0.0884 e. The highest BCUT2D eigenvalue weighted by Gasteiger charge is 2.39. The molecule has 21 heavy (non-hydrogen) atoms. The van der Waals surface area contributed by atoms with Crippen LogP contribution < -0.4 is 0 Å². The lowest BCUT2D eigenvalue weighted by Crippen LogP contribution is -2.39. The number of hydrogen-bond donors (Lipinski definition) is 0. The molecular formula is C19H27NO. The monoisotopic (exact) mass is 285 g/mol. The summed E-state index contributed by atoms with van der Waals surface area (Å²) >= 11 is 0. The van der Waals surface area contributed by atoms with Crippen LogP contribution in [0.1, 0.15) is 44.7 Å². The van der Waals surface area contributed by atoms with Crippen LogP contribution in [0.25, 0.3) is 5.57 Å². The molecule has 1 aromatic carbocycles. The Kier molecular flexibility index (Phi) is 4.19. The molecule has 0 saturated heterocycles. The van der Waals surface area contributed by atoms with Crippen LogP contribution >= 0.6 is 0 Å². The lowest BCUT2D eigenvalue weighted by Gasteiger charge is -2.37. The summed E-state index contributed by atoms with van der Waals surface area (Å²) in [6.07, 6.45) is 3.26. The number of nitrogens with zero attached hydrogens (tertiary/aromatic N) is 1. The van der Waals surface area contributed by atoms with Crippen LogP contribution in [0.4, 0.5) is 0 Å². The summed E-state index contributed by atoms with van der Waals surface area (Å²) in [7, 11) is 0. The topological polar surface area (TPSA) is 12.5 Å². The molecular weight excluding hydrogens is 258 g/mol. The molecule has 114 valence electrons. The van der Waals surface area contributed by atoms with Crippen molar-refractivity contribution >= 4 is 5.57 Å². The van der Waals surface area contributed by atoms with Crippen molar-refractivity contribution in [1.29, 1.82) is 0 Å². The van der Waals surface area contributed by atoms with Gasteiger partial charge >= 0.3 is 0 Å². The predicted molar refractivity (Wildman–Crippen MR) is 88.4 cm³/mol. The first-order valence-electron chi connectivity index (χ1n) is 8.35. The molecule has 0 radical (unpaired) electrons. The Labute approximate surface area is 128 Å². The van der Waals surface area contributed by atoms with E-state index in [1.165, 1.54) is 11.1 Å². The molecule has 0 N–H and O–H groups in total. The van der Waals surface area contributed by atoms with E-state index in [0.717, 1.165) is 45.5 Å². The summed E-state index contributed by atoms with van der Waals surface area (Å²) < 4.78 is 6.27. The second-order valence-electron chi connectivity index (χ2n) is 6.40. The molecule has 2 nitrogen and oxygen atoms in total. The molecule has 1 atom stereocenters. The molecule has 2 heteroatoms. The maximum atomic E-state index is 6.27. The Morgan fingerprint density at radius 3 is 2.71 bits per heavy atom. The van der Waals surface area contributed by atoms with E-state index in [-0.39, 0.29) is 5.60 Å². The SMILES string of the molecule is CCN(CC)CCC1(C)OCCC2=C1Cc1ccccc12. The molecule has 3 rings (SSSR count). The second-order valence-corrected chi connectivity index (χ2v) is 6.40. The van der Waals surface area contributed by atoms with Crippen molar-refractivity contribution < 1.29 is 4.74 Å². The summed E-state index contributed by atoms with van der Waals surface area (Å²) in [5, 5.41) is 0. The zero-order valence-electron chi connectivity index (χ0n) is 13.6. The highest BCUT2D eigenvalue weighted by atomic mass is 16.5.